The molecule has 0 spiro atoms. The van der Waals surface area contributed by atoms with Crippen LogP contribution < -0.4 is 0 Å². The zero-order chi connectivity index (χ0) is 15.0. The van der Waals surface area contributed by atoms with Crippen LogP contribution in [0.1, 0.15) is 24.6 Å². The standard InChI is InChI=1S/C14H14F2N2O3/c15-9-5-11-12(6-10(9)16)18(7-13(19)20)14(17-11)8-1-3-21-4-2-8/h5-6,8H,1-4,7H2,(H,19,20). The molecule has 0 bridgehead atoms. The van der Waals surface area contributed by atoms with Gasteiger partial charge < -0.3 is 14.4 Å². The van der Waals surface area contributed by atoms with Crippen molar-refractivity contribution in [1.29, 1.82) is 0 Å². The molecular weight excluding hydrogens is 282 g/mol. The van der Waals surface area contributed by atoms with Crippen LogP contribution in [0.4, 0.5) is 8.78 Å². The molecule has 0 saturated carbocycles. The van der Waals surface area contributed by atoms with Gasteiger partial charge in [0.2, 0.25) is 0 Å². The van der Waals surface area contributed by atoms with Crippen molar-refractivity contribution in [2.75, 3.05) is 13.2 Å². The second-order valence-electron chi connectivity index (χ2n) is 5.09. The van der Waals surface area contributed by atoms with Crippen molar-refractivity contribution < 1.29 is 23.4 Å². The molecule has 0 radical (unpaired) electrons. The van der Waals surface area contributed by atoms with Crippen molar-refractivity contribution in [2.24, 2.45) is 0 Å². The normalized spacial score (nSPS) is 16.5. The number of fused-ring (bicyclic) bond motifs is 1. The highest BCUT2D eigenvalue weighted by Gasteiger charge is 2.24. The van der Waals surface area contributed by atoms with Crippen LogP contribution >= 0.6 is 0 Å². The van der Waals surface area contributed by atoms with Gasteiger partial charge in [0.15, 0.2) is 11.6 Å². The maximum Gasteiger partial charge on any atom is 0.323 e. The zero-order valence-electron chi connectivity index (χ0n) is 11.2. The van der Waals surface area contributed by atoms with E-state index < -0.39 is 17.6 Å². The van der Waals surface area contributed by atoms with E-state index in [1.807, 2.05) is 0 Å². The van der Waals surface area contributed by atoms with E-state index in [9.17, 15) is 13.6 Å². The topological polar surface area (TPSA) is 64.3 Å². The monoisotopic (exact) mass is 296 g/mol. The summed E-state index contributed by atoms with van der Waals surface area (Å²) >= 11 is 0. The Hall–Kier alpha value is -2.02. The molecule has 0 unspecified atom stereocenters. The average Bonchev–Trinajstić information content (AvgIpc) is 2.78. The Morgan fingerprint density at radius 1 is 1.33 bits per heavy atom. The molecule has 2 aromatic rings. The molecule has 21 heavy (non-hydrogen) atoms. The number of halogens is 2. The minimum atomic E-state index is -1.05. The predicted octanol–water partition coefficient (Wildman–Crippen LogP) is 2.29. The number of hydrogen-bond donors (Lipinski definition) is 1. The first-order chi connectivity index (χ1) is 10.1. The molecule has 7 heteroatoms. The van der Waals surface area contributed by atoms with Crippen LogP contribution in [0.25, 0.3) is 11.0 Å². The van der Waals surface area contributed by atoms with Crippen molar-refractivity contribution in [3.63, 3.8) is 0 Å². The number of imidazole rings is 1. The molecule has 1 aliphatic heterocycles. The predicted molar refractivity (Wildman–Crippen MR) is 70.1 cm³/mol. The van der Waals surface area contributed by atoms with E-state index in [1.165, 1.54) is 4.57 Å². The molecule has 0 atom stereocenters. The highest BCUT2D eigenvalue weighted by atomic mass is 19.2. The Morgan fingerprint density at radius 3 is 2.67 bits per heavy atom. The Bertz CT molecular complexity index is 693. The van der Waals surface area contributed by atoms with Gasteiger partial charge in [-0.25, -0.2) is 13.8 Å². The maximum absolute atomic E-state index is 13.4. The summed E-state index contributed by atoms with van der Waals surface area (Å²) in [6.45, 7) is 0.821. The van der Waals surface area contributed by atoms with Crippen LogP contribution in [0, 0.1) is 11.6 Å². The first kappa shape index (κ1) is 13.9. The van der Waals surface area contributed by atoms with Gasteiger partial charge in [0.05, 0.1) is 11.0 Å². The van der Waals surface area contributed by atoms with Gasteiger partial charge in [0.1, 0.15) is 12.4 Å². The van der Waals surface area contributed by atoms with Crippen LogP contribution in [-0.2, 0) is 16.1 Å². The van der Waals surface area contributed by atoms with Crippen LogP contribution in [0.3, 0.4) is 0 Å². The van der Waals surface area contributed by atoms with Gasteiger partial charge in [-0.05, 0) is 12.8 Å². The molecule has 1 saturated heterocycles. The molecule has 0 amide bonds. The molecule has 1 N–H and O–H groups in total. The first-order valence-electron chi connectivity index (χ1n) is 6.71. The van der Waals surface area contributed by atoms with E-state index in [0.29, 0.717) is 37.4 Å². The number of carboxylic acids is 1. The molecule has 112 valence electrons. The fourth-order valence-electron chi connectivity index (χ4n) is 2.71. The van der Waals surface area contributed by atoms with Crippen LogP contribution in [0.15, 0.2) is 12.1 Å². The molecular formula is C14H14F2N2O3. The van der Waals surface area contributed by atoms with Gasteiger partial charge >= 0.3 is 5.97 Å². The molecule has 1 aromatic carbocycles. The van der Waals surface area contributed by atoms with Crippen molar-refractivity contribution >= 4 is 17.0 Å². The molecule has 1 aliphatic rings. The number of nitrogens with zero attached hydrogens (tertiary/aromatic N) is 2. The van der Waals surface area contributed by atoms with Gasteiger partial charge in [-0.2, -0.15) is 0 Å². The largest absolute Gasteiger partial charge is 0.480 e. The van der Waals surface area contributed by atoms with Crippen molar-refractivity contribution in [3.05, 3.63) is 29.6 Å². The summed E-state index contributed by atoms with van der Waals surface area (Å²) in [6, 6.07) is 2.01. The van der Waals surface area contributed by atoms with Crippen LogP contribution in [-0.4, -0.2) is 33.8 Å². The molecule has 1 aromatic heterocycles. The first-order valence-corrected chi connectivity index (χ1v) is 6.71. The van der Waals surface area contributed by atoms with E-state index in [0.717, 1.165) is 12.1 Å². The molecule has 0 aliphatic carbocycles. The zero-order valence-corrected chi connectivity index (χ0v) is 11.2. The summed E-state index contributed by atoms with van der Waals surface area (Å²) < 4.78 is 33.5. The van der Waals surface area contributed by atoms with E-state index in [4.69, 9.17) is 9.84 Å². The third-order valence-electron chi connectivity index (χ3n) is 3.70. The number of rotatable bonds is 3. The number of benzene rings is 1. The Morgan fingerprint density at radius 2 is 2.00 bits per heavy atom. The van der Waals surface area contributed by atoms with Gasteiger partial charge in [-0.15, -0.1) is 0 Å². The van der Waals surface area contributed by atoms with Gasteiger partial charge in [-0.3, -0.25) is 4.79 Å². The number of carboxylic acid groups (broad SMARTS) is 1. The summed E-state index contributed by atoms with van der Waals surface area (Å²) in [5.74, 6) is -2.45. The lowest BCUT2D eigenvalue weighted by Gasteiger charge is -2.22. The Kier molecular flexibility index (Phi) is 3.59. The fraction of sp³-hybridized carbons (Fsp3) is 0.429. The van der Waals surface area contributed by atoms with Crippen molar-refractivity contribution in [1.82, 2.24) is 9.55 Å². The van der Waals surface area contributed by atoms with Crippen molar-refractivity contribution in [3.8, 4) is 0 Å². The van der Waals surface area contributed by atoms with Crippen molar-refractivity contribution in [2.45, 2.75) is 25.3 Å². The summed E-state index contributed by atoms with van der Waals surface area (Å²) in [4.78, 5) is 15.4. The van der Waals surface area contributed by atoms with E-state index >= 15 is 0 Å². The van der Waals surface area contributed by atoms with Gasteiger partial charge in [0.25, 0.3) is 0 Å². The second-order valence-corrected chi connectivity index (χ2v) is 5.09. The summed E-state index contributed by atoms with van der Waals surface area (Å²) in [5, 5.41) is 9.05. The smallest absolute Gasteiger partial charge is 0.323 e. The number of carbonyl (C=O) groups is 1. The average molecular weight is 296 g/mol. The lowest BCUT2D eigenvalue weighted by atomic mass is 9.99. The molecule has 2 heterocycles. The lowest BCUT2D eigenvalue weighted by Crippen LogP contribution is -2.20. The maximum atomic E-state index is 13.4. The molecule has 3 rings (SSSR count). The van der Waals surface area contributed by atoms with Crippen LogP contribution in [0.2, 0.25) is 0 Å². The summed E-state index contributed by atoms with van der Waals surface area (Å²) in [7, 11) is 0. The minimum Gasteiger partial charge on any atom is -0.480 e. The Balaban J connectivity index is 2.14. The SMILES string of the molecule is O=C(O)Cn1c(C2CCOCC2)nc2cc(F)c(F)cc21. The molecule has 5 nitrogen and oxygen atoms in total. The number of ether oxygens (including phenoxy) is 1. The van der Waals surface area contributed by atoms with Crippen LogP contribution in [0.5, 0.6) is 0 Å². The third-order valence-corrected chi connectivity index (χ3v) is 3.70. The third kappa shape index (κ3) is 2.61. The second kappa shape index (κ2) is 5.40. The summed E-state index contributed by atoms with van der Waals surface area (Å²) in [6.07, 6.45) is 1.43. The van der Waals surface area contributed by atoms with Gasteiger partial charge in [-0.1, -0.05) is 0 Å². The van der Waals surface area contributed by atoms with Gasteiger partial charge in [0, 0.05) is 31.3 Å². The fourth-order valence-corrected chi connectivity index (χ4v) is 2.71. The highest BCUT2D eigenvalue weighted by molar-refractivity contribution is 5.78. The van der Waals surface area contributed by atoms with E-state index in [2.05, 4.69) is 4.98 Å². The summed E-state index contributed by atoms with van der Waals surface area (Å²) in [5.41, 5.74) is 0.578. The Labute approximate surface area is 119 Å². The number of aliphatic carboxylic acids is 1. The highest BCUT2D eigenvalue weighted by Crippen LogP contribution is 2.30. The lowest BCUT2D eigenvalue weighted by molar-refractivity contribution is -0.137. The quantitative estimate of drug-likeness (QED) is 0.944. The van der Waals surface area contributed by atoms with E-state index in [-0.39, 0.29) is 18.0 Å². The minimum absolute atomic E-state index is 0.0385. The number of hydrogen-bond acceptors (Lipinski definition) is 3. The number of aromatic nitrogens is 2. The molecule has 1 fully saturated rings. The van der Waals surface area contributed by atoms with E-state index in [1.54, 1.807) is 0 Å².